The maximum Gasteiger partial charge on any atom is 0.422 e. The molecular formula is C49H56ClF3O7Si. The number of rotatable bonds is 20. The summed E-state index contributed by atoms with van der Waals surface area (Å²) in [7, 11) is 0.496. The van der Waals surface area contributed by atoms with E-state index in [4.69, 9.17) is 44.8 Å². The molecule has 0 saturated carbocycles. The Morgan fingerprint density at radius 3 is 1.74 bits per heavy atom. The number of hydrogen-bond donors (Lipinski definition) is 0. The van der Waals surface area contributed by atoms with Crippen molar-refractivity contribution in [2.45, 2.75) is 94.6 Å². The van der Waals surface area contributed by atoms with E-state index in [1.807, 2.05) is 103 Å². The molecule has 0 N–H and O–H groups in total. The van der Waals surface area contributed by atoms with E-state index < -0.39 is 51.8 Å². The summed E-state index contributed by atoms with van der Waals surface area (Å²) in [5.74, 6) is -1.44. The Kier molecular flexibility index (Phi) is 16.3. The van der Waals surface area contributed by atoms with Gasteiger partial charge in [0.05, 0.1) is 26.4 Å². The summed E-state index contributed by atoms with van der Waals surface area (Å²) in [6, 6.07) is 41.9. The van der Waals surface area contributed by atoms with Crippen molar-refractivity contribution in [1.82, 2.24) is 0 Å². The van der Waals surface area contributed by atoms with Crippen LogP contribution in [-0.2, 0) is 60.4 Å². The number of methoxy groups -OCH3 is 1. The smallest absolute Gasteiger partial charge is 0.422 e. The summed E-state index contributed by atoms with van der Waals surface area (Å²) < 4.78 is 84.7. The molecule has 0 amide bonds. The predicted molar refractivity (Wildman–Crippen MR) is 235 cm³/mol. The Hall–Kier alpha value is -4.04. The third-order valence-corrected chi connectivity index (χ3v) is 15.0. The second-order valence-electron chi connectivity index (χ2n) is 16.5. The molecule has 0 bridgehead atoms. The normalized spacial score (nSPS) is 20.8. The van der Waals surface area contributed by atoms with E-state index in [0.717, 1.165) is 27.8 Å². The van der Waals surface area contributed by atoms with Crippen LogP contribution in [0.15, 0.2) is 133 Å². The van der Waals surface area contributed by atoms with Crippen LogP contribution in [0.2, 0.25) is 23.2 Å². The van der Waals surface area contributed by atoms with Crippen LogP contribution in [0.3, 0.4) is 0 Å². The predicted octanol–water partition coefficient (Wildman–Crippen LogP) is 11.1. The van der Waals surface area contributed by atoms with Crippen LogP contribution >= 0.6 is 11.6 Å². The zero-order valence-corrected chi connectivity index (χ0v) is 37.3. The van der Waals surface area contributed by atoms with Crippen LogP contribution in [0.5, 0.6) is 5.75 Å². The molecule has 0 spiro atoms. The maximum absolute atomic E-state index is 12.8. The van der Waals surface area contributed by atoms with Crippen LogP contribution in [0.25, 0.3) is 0 Å². The van der Waals surface area contributed by atoms with Gasteiger partial charge in [-0.15, -0.1) is 0 Å². The van der Waals surface area contributed by atoms with Crippen molar-refractivity contribution in [2.24, 2.45) is 0 Å². The average Bonchev–Trinajstić information content (AvgIpc) is 3.25. The van der Waals surface area contributed by atoms with Crippen molar-refractivity contribution < 1.29 is 46.3 Å². The molecule has 0 radical (unpaired) electrons. The minimum Gasteiger partial charge on any atom is -0.484 e. The Balaban J connectivity index is 1.42. The summed E-state index contributed by atoms with van der Waals surface area (Å²) >= 11 is 6.89. The van der Waals surface area contributed by atoms with Crippen molar-refractivity contribution in [3.8, 4) is 5.75 Å². The molecule has 0 unspecified atom stereocenters. The van der Waals surface area contributed by atoms with Gasteiger partial charge >= 0.3 is 6.18 Å². The zero-order chi connectivity index (χ0) is 43.5. The fourth-order valence-electron chi connectivity index (χ4n) is 7.11. The lowest BCUT2D eigenvalue weighted by molar-refractivity contribution is -0.385. The van der Waals surface area contributed by atoms with Gasteiger partial charge in [-0.1, -0.05) is 148 Å². The summed E-state index contributed by atoms with van der Waals surface area (Å²) in [5.41, 5.74) is 5.09. The van der Waals surface area contributed by atoms with Crippen molar-refractivity contribution in [3.05, 3.63) is 172 Å². The van der Waals surface area contributed by atoms with E-state index >= 15 is 0 Å². The number of benzene rings is 5. The van der Waals surface area contributed by atoms with E-state index in [0.29, 0.717) is 23.6 Å². The number of halogens is 4. The molecule has 0 aromatic heterocycles. The molecule has 61 heavy (non-hydrogen) atoms. The first kappa shape index (κ1) is 46.5. The molecule has 1 saturated heterocycles. The first-order valence-corrected chi connectivity index (χ1v) is 23.9. The molecule has 0 aliphatic carbocycles. The highest BCUT2D eigenvalue weighted by molar-refractivity contribution is 6.59. The average molecular weight is 878 g/mol. The lowest BCUT2D eigenvalue weighted by Gasteiger charge is -2.52. The van der Waals surface area contributed by atoms with Crippen molar-refractivity contribution in [3.63, 3.8) is 0 Å². The minimum atomic E-state index is -4.44. The van der Waals surface area contributed by atoms with Gasteiger partial charge in [0.15, 0.2) is 6.61 Å². The van der Waals surface area contributed by atoms with Crippen LogP contribution in [0.1, 0.15) is 47.2 Å². The Morgan fingerprint density at radius 2 is 1.21 bits per heavy atom. The van der Waals surface area contributed by atoms with Gasteiger partial charge < -0.3 is 33.2 Å². The highest BCUT2D eigenvalue weighted by Gasteiger charge is 2.58. The molecule has 1 aliphatic heterocycles. The summed E-state index contributed by atoms with van der Waals surface area (Å²) in [6.45, 7) is 9.24. The molecule has 1 fully saturated rings. The Labute approximate surface area is 364 Å². The molecule has 1 heterocycles. The standard InChI is InChI=1S/C49H56ClF3O7Si/c1-47(2,61(4)5)33-55-32-43-44(56-29-36-15-9-6-10-16-36)45(57-30-37-17-11-7-12-18-37)46(58-31-38-19-13-8-14-20-38)49(54-3,60-43)40-23-26-42(50)39(28-40)27-35-21-24-41(25-22-35)59-34-48(51,52)53/h6-26,28,43-46,61H,27,29-34H2,1-5H3/t43-,44-,45+,46-,49+/m1/s1. The van der Waals surface area contributed by atoms with E-state index in [9.17, 15) is 13.2 Å². The van der Waals surface area contributed by atoms with Crippen LogP contribution in [0, 0.1) is 0 Å². The summed E-state index contributed by atoms with van der Waals surface area (Å²) in [4.78, 5) is 0. The second kappa shape index (κ2) is 21.4. The third-order valence-electron chi connectivity index (χ3n) is 11.3. The highest BCUT2D eigenvalue weighted by atomic mass is 35.5. The number of hydrogen-bond acceptors (Lipinski definition) is 7. The van der Waals surface area contributed by atoms with E-state index in [2.05, 4.69) is 26.9 Å². The molecule has 5 aromatic carbocycles. The van der Waals surface area contributed by atoms with Crippen molar-refractivity contribution in [2.75, 3.05) is 26.9 Å². The maximum atomic E-state index is 12.8. The fourth-order valence-corrected chi connectivity index (χ4v) is 7.74. The van der Waals surface area contributed by atoms with Gasteiger partial charge in [0.25, 0.3) is 0 Å². The molecule has 6 rings (SSSR count). The van der Waals surface area contributed by atoms with Gasteiger partial charge in [0, 0.05) is 33.1 Å². The van der Waals surface area contributed by atoms with E-state index in [1.165, 1.54) is 12.1 Å². The molecule has 7 nitrogen and oxygen atoms in total. The molecule has 12 heteroatoms. The highest BCUT2D eigenvalue weighted by Crippen LogP contribution is 2.45. The fraction of sp³-hybridized carbons (Fsp3) is 0.388. The molecule has 5 aromatic rings. The molecule has 326 valence electrons. The lowest BCUT2D eigenvalue weighted by Crippen LogP contribution is -2.66. The van der Waals surface area contributed by atoms with Crippen LogP contribution in [0.4, 0.5) is 13.2 Å². The number of ether oxygens (including phenoxy) is 7. The van der Waals surface area contributed by atoms with Crippen molar-refractivity contribution in [1.29, 1.82) is 0 Å². The minimum absolute atomic E-state index is 0.0195. The molecular weight excluding hydrogens is 821 g/mol. The van der Waals surface area contributed by atoms with E-state index in [1.54, 1.807) is 25.3 Å². The lowest BCUT2D eigenvalue weighted by atomic mass is 9.86. The van der Waals surface area contributed by atoms with Gasteiger partial charge in [0.1, 0.15) is 30.2 Å². The first-order valence-electron chi connectivity index (χ1n) is 20.6. The second-order valence-corrected chi connectivity index (χ2v) is 20.7. The van der Waals surface area contributed by atoms with Gasteiger partial charge in [-0.2, -0.15) is 13.2 Å². The third kappa shape index (κ3) is 12.8. The van der Waals surface area contributed by atoms with Gasteiger partial charge in [-0.05, 0) is 63.5 Å². The topological polar surface area (TPSA) is 64.6 Å². The van der Waals surface area contributed by atoms with Gasteiger partial charge in [-0.25, -0.2) is 0 Å². The van der Waals surface area contributed by atoms with Crippen LogP contribution in [-0.4, -0.2) is 66.3 Å². The molecule has 5 atom stereocenters. The largest absolute Gasteiger partial charge is 0.484 e. The Morgan fingerprint density at radius 1 is 0.672 bits per heavy atom. The zero-order valence-electron chi connectivity index (χ0n) is 35.4. The van der Waals surface area contributed by atoms with E-state index in [-0.39, 0.29) is 37.2 Å². The molecule has 1 aliphatic rings. The van der Waals surface area contributed by atoms with Crippen LogP contribution < -0.4 is 4.74 Å². The SMILES string of the molecule is CO[C@@]1(c2ccc(Cl)c(Cc3ccc(OCC(F)(F)F)cc3)c2)O[C@H](COCC(C)(C)[SiH](C)C)[C@@H](OCc2ccccc2)[C@H](OCc2ccccc2)[C@H]1OCc1ccccc1. The quantitative estimate of drug-likeness (QED) is 0.0722. The van der Waals surface area contributed by atoms with Crippen molar-refractivity contribution >= 4 is 20.4 Å². The Bertz CT molecular complexity index is 2070. The van der Waals surface area contributed by atoms with Gasteiger partial charge in [0.2, 0.25) is 5.79 Å². The summed E-state index contributed by atoms with van der Waals surface area (Å²) in [6.07, 6.45) is -7.07. The first-order chi connectivity index (χ1) is 29.3. The summed E-state index contributed by atoms with van der Waals surface area (Å²) in [5, 5.41) is 0.511. The monoisotopic (exact) mass is 876 g/mol. The number of alkyl halides is 3. The van der Waals surface area contributed by atoms with Gasteiger partial charge in [-0.3, -0.25) is 0 Å².